The summed E-state index contributed by atoms with van der Waals surface area (Å²) in [5, 5.41) is 5.96. The summed E-state index contributed by atoms with van der Waals surface area (Å²) >= 11 is 0. The van der Waals surface area contributed by atoms with Gasteiger partial charge < -0.3 is 20.3 Å². The number of nitrogens with one attached hydrogen (secondary N) is 2. The molecule has 0 aromatic heterocycles. The number of benzene rings is 1. The first-order valence-corrected chi connectivity index (χ1v) is 10.3. The summed E-state index contributed by atoms with van der Waals surface area (Å²) in [6, 6.07) is 6.74. The molecule has 7 heteroatoms. The fourth-order valence-electron chi connectivity index (χ4n) is 3.58. The third-order valence-electron chi connectivity index (χ3n) is 5.59. The number of hydrogen-bond donors (Lipinski definition) is 2. The van der Waals surface area contributed by atoms with Gasteiger partial charge in [-0.05, 0) is 50.7 Å². The van der Waals surface area contributed by atoms with Crippen molar-refractivity contribution in [1.82, 2.24) is 15.5 Å². The van der Waals surface area contributed by atoms with Crippen LogP contribution in [0.1, 0.15) is 49.0 Å². The zero-order chi connectivity index (χ0) is 21.4. The first-order valence-electron chi connectivity index (χ1n) is 10.3. The van der Waals surface area contributed by atoms with Crippen LogP contribution in [0.15, 0.2) is 24.3 Å². The largest absolute Gasteiger partial charge is 0.375 e. The minimum atomic E-state index is -0.629. The fourth-order valence-corrected chi connectivity index (χ4v) is 3.58. The number of methoxy groups -OCH3 is 1. The highest BCUT2D eigenvalue weighted by Gasteiger charge is 2.34. The Morgan fingerprint density at radius 2 is 1.83 bits per heavy atom. The number of ether oxygens (including phenoxy) is 1. The standard InChI is InChI=1S/C22H33N3O4/c1-5-16(3)23-22(28)20(24-21(27)18-9-7-6-8-15(18)2)17-10-12-25(13-11-17)19(26)14-29-4/h6-9,16-17,20H,5,10-14H2,1-4H3,(H,23,28)(H,24,27)/t16-,20+/m1/s1. The van der Waals surface area contributed by atoms with Gasteiger partial charge in [-0.15, -0.1) is 0 Å². The van der Waals surface area contributed by atoms with Gasteiger partial charge in [0.25, 0.3) is 5.91 Å². The van der Waals surface area contributed by atoms with Crippen molar-refractivity contribution in [2.75, 3.05) is 26.8 Å². The summed E-state index contributed by atoms with van der Waals surface area (Å²) < 4.78 is 4.93. The molecular weight excluding hydrogens is 370 g/mol. The summed E-state index contributed by atoms with van der Waals surface area (Å²) in [7, 11) is 1.50. The number of rotatable bonds is 8. The van der Waals surface area contributed by atoms with Crippen LogP contribution in [0.4, 0.5) is 0 Å². The van der Waals surface area contributed by atoms with Gasteiger partial charge in [-0.3, -0.25) is 14.4 Å². The number of nitrogens with zero attached hydrogens (tertiary/aromatic N) is 1. The molecule has 1 saturated heterocycles. The third kappa shape index (κ3) is 6.29. The van der Waals surface area contributed by atoms with Crippen LogP contribution in [-0.2, 0) is 14.3 Å². The van der Waals surface area contributed by atoms with E-state index in [1.165, 1.54) is 7.11 Å². The summed E-state index contributed by atoms with van der Waals surface area (Å²) in [6.07, 6.45) is 2.12. The van der Waals surface area contributed by atoms with Crippen LogP contribution >= 0.6 is 0 Å². The van der Waals surface area contributed by atoms with Gasteiger partial charge >= 0.3 is 0 Å². The fraction of sp³-hybridized carbons (Fsp3) is 0.591. The average molecular weight is 404 g/mol. The number of carbonyl (C=O) groups is 3. The molecule has 1 aromatic carbocycles. The summed E-state index contributed by atoms with van der Waals surface area (Å²) in [5.74, 6) is -0.484. The van der Waals surface area contributed by atoms with Crippen LogP contribution in [0.2, 0.25) is 0 Å². The van der Waals surface area contributed by atoms with Gasteiger partial charge in [0.2, 0.25) is 11.8 Å². The second-order valence-corrected chi connectivity index (χ2v) is 7.74. The molecule has 2 atom stereocenters. The van der Waals surface area contributed by atoms with E-state index in [4.69, 9.17) is 4.74 Å². The SMILES string of the molecule is CC[C@@H](C)NC(=O)[C@@H](NC(=O)c1ccccc1C)C1CCN(C(=O)COC)CC1. The van der Waals surface area contributed by atoms with Gasteiger partial charge in [-0.2, -0.15) is 0 Å². The highest BCUT2D eigenvalue weighted by atomic mass is 16.5. The van der Waals surface area contributed by atoms with Gasteiger partial charge in [0.1, 0.15) is 12.6 Å². The van der Waals surface area contributed by atoms with Gasteiger partial charge in [0.05, 0.1) is 0 Å². The molecule has 0 unspecified atom stereocenters. The van der Waals surface area contributed by atoms with E-state index in [1.807, 2.05) is 39.0 Å². The lowest BCUT2D eigenvalue weighted by atomic mass is 9.88. The van der Waals surface area contributed by atoms with E-state index in [-0.39, 0.29) is 36.3 Å². The van der Waals surface area contributed by atoms with Gasteiger partial charge in [0.15, 0.2) is 0 Å². The molecule has 1 aliphatic rings. The van der Waals surface area contributed by atoms with E-state index in [9.17, 15) is 14.4 Å². The third-order valence-corrected chi connectivity index (χ3v) is 5.59. The van der Waals surface area contributed by atoms with Crippen LogP contribution in [0, 0.1) is 12.8 Å². The summed E-state index contributed by atoms with van der Waals surface area (Å²) in [5.41, 5.74) is 1.44. The molecule has 29 heavy (non-hydrogen) atoms. The van der Waals surface area contributed by atoms with Crippen LogP contribution in [0.25, 0.3) is 0 Å². The van der Waals surface area contributed by atoms with Crippen molar-refractivity contribution < 1.29 is 19.1 Å². The molecule has 0 radical (unpaired) electrons. The van der Waals surface area contributed by atoms with Gasteiger partial charge in [0, 0.05) is 31.8 Å². The number of hydrogen-bond acceptors (Lipinski definition) is 4. The van der Waals surface area contributed by atoms with Crippen molar-refractivity contribution in [2.24, 2.45) is 5.92 Å². The van der Waals surface area contributed by atoms with E-state index in [0.717, 1.165) is 12.0 Å². The Morgan fingerprint density at radius 1 is 1.17 bits per heavy atom. The molecule has 2 N–H and O–H groups in total. The molecule has 2 rings (SSSR count). The molecule has 160 valence electrons. The first kappa shape index (κ1) is 22.9. The smallest absolute Gasteiger partial charge is 0.252 e. The predicted octanol–water partition coefficient (Wildman–Crippen LogP) is 1.89. The van der Waals surface area contributed by atoms with Crippen LogP contribution in [0.5, 0.6) is 0 Å². The van der Waals surface area contributed by atoms with Crippen molar-refractivity contribution in [1.29, 1.82) is 0 Å². The zero-order valence-corrected chi connectivity index (χ0v) is 17.9. The van der Waals surface area contributed by atoms with E-state index in [2.05, 4.69) is 10.6 Å². The molecule has 1 fully saturated rings. The van der Waals surface area contributed by atoms with Crippen LogP contribution in [0.3, 0.4) is 0 Å². The van der Waals surface area contributed by atoms with Crippen molar-refractivity contribution in [3.8, 4) is 0 Å². The maximum absolute atomic E-state index is 13.0. The highest BCUT2D eigenvalue weighted by Crippen LogP contribution is 2.22. The quantitative estimate of drug-likeness (QED) is 0.694. The second-order valence-electron chi connectivity index (χ2n) is 7.74. The maximum Gasteiger partial charge on any atom is 0.252 e. The Kier molecular flexibility index (Phi) is 8.64. The van der Waals surface area contributed by atoms with E-state index in [0.29, 0.717) is 31.5 Å². The number of piperidine rings is 1. The first-order chi connectivity index (χ1) is 13.9. The Balaban J connectivity index is 2.11. The molecule has 0 spiro atoms. The van der Waals surface area contributed by atoms with Gasteiger partial charge in [-0.1, -0.05) is 25.1 Å². The molecule has 1 heterocycles. The highest BCUT2D eigenvalue weighted by molar-refractivity contribution is 5.98. The number of carbonyl (C=O) groups excluding carboxylic acids is 3. The van der Waals surface area contributed by atoms with Crippen molar-refractivity contribution in [3.05, 3.63) is 35.4 Å². The zero-order valence-electron chi connectivity index (χ0n) is 17.9. The molecule has 0 saturated carbocycles. The lowest BCUT2D eigenvalue weighted by Crippen LogP contribution is -2.55. The summed E-state index contributed by atoms with van der Waals surface area (Å²) in [4.78, 5) is 39.6. The molecule has 0 bridgehead atoms. The molecule has 1 aliphatic heterocycles. The molecule has 0 aliphatic carbocycles. The Bertz CT molecular complexity index is 714. The Hall–Kier alpha value is -2.41. The molecule has 7 nitrogen and oxygen atoms in total. The number of likely N-dealkylation sites (tertiary alicyclic amines) is 1. The number of aryl methyl sites for hydroxylation is 1. The lowest BCUT2D eigenvalue weighted by molar-refractivity contribution is -0.136. The maximum atomic E-state index is 13.0. The van der Waals surface area contributed by atoms with Crippen LogP contribution in [-0.4, -0.2) is 61.5 Å². The minimum absolute atomic E-state index is 0.0291. The Labute approximate surface area is 173 Å². The monoisotopic (exact) mass is 403 g/mol. The minimum Gasteiger partial charge on any atom is -0.375 e. The van der Waals surface area contributed by atoms with Crippen molar-refractivity contribution in [3.63, 3.8) is 0 Å². The second kappa shape index (κ2) is 11.0. The summed E-state index contributed by atoms with van der Waals surface area (Å²) in [6.45, 7) is 7.01. The molecule has 3 amide bonds. The predicted molar refractivity (Wildman–Crippen MR) is 112 cm³/mol. The molecular formula is C22H33N3O4. The lowest BCUT2D eigenvalue weighted by Gasteiger charge is -2.36. The Morgan fingerprint density at radius 3 is 2.41 bits per heavy atom. The van der Waals surface area contributed by atoms with Crippen LogP contribution < -0.4 is 10.6 Å². The molecule has 1 aromatic rings. The van der Waals surface area contributed by atoms with Crippen molar-refractivity contribution in [2.45, 2.75) is 52.1 Å². The average Bonchev–Trinajstić information content (AvgIpc) is 2.72. The number of amides is 3. The van der Waals surface area contributed by atoms with E-state index < -0.39 is 6.04 Å². The van der Waals surface area contributed by atoms with E-state index >= 15 is 0 Å². The van der Waals surface area contributed by atoms with Crippen molar-refractivity contribution >= 4 is 17.7 Å². The normalized spacial score (nSPS) is 16.8. The topological polar surface area (TPSA) is 87.7 Å². The van der Waals surface area contributed by atoms with E-state index in [1.54, 1.807) is 11.0 Å². The van der Waals surface area contributed by atoms with Gasteiger partial charge in [-0.25, -0.2) is 0 Å².